The zero-order valence-electron chi connectivity index (χ0n) is 9.66. The van der Waals surface area contributed by atoms with Crippen LogP contribution in [0.2, 0.25) is 5.02 Å². The van der Waals surface area contributed by atoms with Gasteiger partial charge in [-0.3, -0.25) is 9.59 Å². The van der Waals surface area contributed by atoms with Crippen LogP contribution in [0.4, 0.5) is 0 Å². The lowest BCUT2D eigenvalue weighted by molar-refractivity contribution is -0.131. The van der Waals surface area contributed by atoms with Gasteiger partial charge in [0.2, 0.25) is 0 Å². The molecule has 0 aliphatic rings. The van der Waals surface area contributed by atoms with Gasteiger partial charge in [-0.15, -0.1) is 0 Å². The molecule has 0 aliphatic heterocycles. The van der Waals surface area contributed by atoms with Crippen molar-refractivity contribution in [3.05, 3.63) is 34.9 Å². The van der Waals surface area contributed by atoms with Gasteiger partial charge < -0.3 is 0 Å². The minimum atomic E-state index is -0.597. The quantitative estimate of drug-likeness (QED) is 0.755. The molecular formula is C13H15ClO2. The van der Waals surface area contributed by atoms with Crippen LogP contribution in [0.3, 0.4) is 0 Å². The summed E-state index contributed by atoms with van der Waals surface area (Å²) >= 11 is 6.05. The van der Waals surface area contributed by atoms with Crippen LogP contribution in [0.1, 0.15) is 32.3 Å². The second kappa shape index (κ2) is 5.26. The molecule has 0 heterocycles. The number of ketones is 2. The van der Waals surface area contributed by atoms with Crippen molar-refractivity contribution in [1.82, 2.24) is 0 Å². The highest BCUT2D eigenvalue weighted by Crippen LogP contribution is 2.30. The summed E-state index contributed by atoms with van der Waals surface area (Å²) in [4.78, 5) is 22.9. The summed E-state index contributed by atoms with van der Waals surface area (Å²) in [6.07, 6.45) is 0. The smallest absolute Gasteiger partial charge is 0.140 e. The van der Waals surface area contributed by atoms with E-state index in [9.17, 15) is 9.59 Å². The molecule has 0 saturated carbocycles. The lowest BCUT2D eigenvalue weighted by atomic mass is 9.83. The molecule has 0 bridgehead atoms. The zero-order valence-corrected chi connectivity index (χ0v) is 10.4. The summed E-state index contributed by atoms with van der Waals surface area (Å²) < 4.78 is 0. The van der Waals surface area contributed by atoms with Crippen molar-refractivity contribution in [2.45, 2.75) is 26.7 Å². The molecule has 16 heavy (non-hydrogen) atoms. The predicted octanol–water partition coefficient (Wildman–Crippen LogP) is 3.24. The van der Waals surface area contributed by atoms with E-state index in [1.54, 1.807) is 6.07 Å². The molecule has 2 nitrogen and oxygen atoms in total. The van der Waals surface area contributed by atoms with Gasteiger partial charge in [-0.2, -0.15) is 0 Å². The summed E-state index contributed by atoms with van der Waals surface area (Å²) in [5.41, 5.74) is 0.847. The second-order valence-corrected chi connectivity index (χ2v) is 4.42. The normalized spacial score (nSPS) is 12.6. The van der Waals surface area contributed by atoms with Gasteiger partial charge in [0.05, 0.1) is 5.92 Å². The molecule has 0 fully saturated rings. The molecule has 1 atom stereocenters. The Hall–Kier alpha value is -1.15. The maximum absolute atomic E-state index is 11.4. The van der Waals surface area contributed by atoms with Gasteiger partial charge in [-0.1, -0.05) is 36.7 Å². The van der Waals surface area contributed by atoms with E-state index in [1.165, 1.54) is 13.8 Å². The Labute approximate surface area is 101 Å². The fraction of sp³-hybridized carbons (Fsp3) is 0.385. The molecule has 0 spiro atoms. The summed E-state index contributed by atoms with van der Waals surface area (Å²) in [6.45, 7) is 4.74. The molecule has 1 aromatic rings. The van der Waals surface area contributed by atoms with Gasteiger partial charge >= 0.3 is 0 Å². The number of Topliss-reactive ketones (excluding diaryl/α,β-unsaturated/α-hetero) is 2. The van der Waals surface area contributed by atoms with E-state index in [1.807, 2.05) is 25.1 Å². The average Bonchev–Trinajstić information content (AvgIpc) is 2.16. The number of halogens is 1. The van der Waals surface area contributed by atoms with E-state index >= 15 is 0 Å². The number of rotatable bonds is 4. The molecule has 0 amide bonds. The number of benzene rings is 1. The Morgan fingerprint density at radius 1 is 1.12 bits per heavy atom. The first-order valence-electron chi connectivity index (χ1n) is 5.20. The molecule has 0 saturated heterocycles. The highest BCUT2D eigenvalue weighted by Gasteiger charge is 2.28. The number of hydrogen-bond donors (Lipinski definition) is 0. The molecule has 0 radical (unpaired) electrons. The third kappa shape index (κ3) is 2.70. The topological polar surface area (TPSA) is 34.1 Å². The average molecular weight is 239 g/mol. The Morgan fingerprint density at radius 2 is 1.62 bits per heavy atom. The van der Waals surface area contributed by atoms with Gasteiger partial charge in [-0.25, -0.2) is 0 Å². The minimum absolute atomic E-state index is 0.111. The van der Waals surface area contributed by atoms with E-state index in [4.69, 9.17) is 11.6 Å². The molecule has 0 aliphatic carbocycles. The lowest BCUT2D eigenvalue weighted by Gasteiger charge is -2.20. The van der Waals surface area contributed by atoms with E-state index in [2.05, 4.69) is 0 Å². The van der Waals surface area contributed by atoms with E-state index in [0.717, 1.165) is 5.56 Å². The van der Waals surface area contributed by atoms with Crippen molar-refractivity contribution in [1.29, 1.82) is 0 Å². The van der Waals surface area contributed by atoms with Crippen molar-refractivity contribution >= 4 is 23.2 Å². The molecule has 86 valence electrons. The van der Waals surface area contributed by atoms with Crippen molar-refractivity contribution in [3.63, 3.8) is 0 Å². The molecule has 0 N–H and O–H groups in total. The first-order valence-corrected chi connectivity index (χ1v) is 5.58. The number of carbonyl (C=O) groups excluding carboxylic acids is 2. The predicted molar refractivity (Wildman–Crippen MR) is 64.7 cm³/mol. The van der Waals surface area contributed by atoms with Crippen LogP contribution in [0.25, 0.3) is 0 Å². The van der Waals surface area contributed by atoms with Crippen LogP contribution in [0.5, 0.6) is 0 Å². The highest BCUT2D eigenvalue weighted by molar-refractivity contribution is 6.31. The Bertz CT molecular complexity index is 398. The fourth-order valence-electron chi connectivity index (χ4n) is 2.01. The van der Waals surface area contributed by atoms with Crippen molar-refractivity contribution in [2.24, 2.45) is 5.92 Å². The summed E-state index contributed by atoms with van der Waals surface area (Å²) in [7, 11) is 0. The van der Waals surface area contributed by atoms with E-state index in [-0.39, 0.29) is 17.5 Å². The standard InChI is InChI=1S/C13H15ClO2/c1-8(13(9(2)15)10(3)16)11-6-4-5-7-12(11)14/h4-8,13H,1-3H3. The van der Waals surface area contributed by atoms with Crippen LogP contribution in [0, 0.1) is 5.92 Å². The lowest BCUT2D eigenvalue weighted by Crippen LogP contribution is -2.25. The van der Waals surface area contributed by atoms with Crippen LogP contribution >= 0.6 is 11.6 Å². The third-order valence-electron chi connectivity index (χ3n) is 2.77. The van der Waals surface area contributed by atoms with Gasteiger partial charge in [0.1, 0.15) is 11.6 Å². The fourth-order valence-corrected chi connectivity index (χ4v) is 2.32. The monoisotopic (exact) mass is 238 g/mol. The third-order valence-corrected chi connectivity index (χ3v) is 3.12. The van der Waals surface area contributed by atoms with E-state index < -0.39 is 5.92 Å². The zero-order chi connectivity index (χ0) is 12.3. The first kappa shape index (κ1) is 12.9. The van der Waals surface area contributed by atoms with Crippen LogP contribution < -0.4 is 0 Å². The maximum atomic E-state index is 11.4. The van der Waals surface area contributed by atoms with Gasteiger partial charge in [-0.05, 0) is 31.4 Å². The molecule has 1 unspecified atom stereocenters. The molecule has 3 heteroatoms. The van der Waals surface area contributed by atoms with Crippen LogP contribution in [-0.2, 0) is 9.59 Å². The minimum Gasteiger partial charge on any atom is -0.299 e. The Kier molecular flexibility index (Phi) is 4.25. The Balaban J connectivity index is 3.09. The largest absolute Gasteiger partial charge is 0.299 e. The van der Waals surface area contributed by atoms with Gasteiger partial charge in [0.25, 0.3) is 0 Å². The summed E-state index contributed by atoms with van der Waals surface area (Å²) in [5.74, 6) is -0.997. The van der Waals surface area contributed by atoms with Crippen LogP contribution in [0.15, 0.2) is 24.3 Å². The highest BCUT2D eigenvalue weighted by atomic mass is 35.5. The molecular weight excluding hydrogens is 224 g/mol. The van der Waals surface area contributed by atoms with E-state index in [0.29, 0.717) is 5.02 Å². The summed E-state index contributed by atoms with van der Waals surface area (Å²) in [6, 6.07) is 7.31. The SMILES string of the molecule is CC(=O)C(C(C)=O)C(C)c1ccccc1Cl. The number of hydrogen-bond acceptors (Lipinski definition) is 2. The van der Waals surface area contributed by atoms with Gasteiger partial charge in [0, 0.05) is 5.02 Å². The van der Waals surface area contributed by atoms with Crippen molar-refractivity contribution in [2.75, 3.05) is 0 Å². The molecule has 1 rings (SSSR count). The van der Waals surface area contributed by atoms with Crippen LogP contribution in [-0.4, -0.2) is 11.6 Å². The number of carbonyl (C=O) groups is 2. The van der Waals surface area contributed by atoms with Crippen molar-refractivity contribution < 1.29 is 9.59 Å². The van der Waals surface area contributed by atoms with Gasteiger partial charge in [0.15, 0.2) is 0 Å². The second-order valence-electron chi connectivity index (χ2n) is 4.01. The van der Waals surface area contributed by atoms with Crippen molar-refractivity contribution in [3.8, 4) is 0 Å². The first-order chi connectivity index (χ1) is 7.45. The Morgan fingerprint density at radius 3 is 2.06 bits per heavy atom. The molecule has 1 aromatic carbocycles. The molecule has 0 aromatic heterocycles. The summed E-state index contributed by atoms with van der Waals surface area (Å²) in [5, 5.41) is 0.600. The maximum Gasteiger partial charge on any atom is 0.140 e.